The molecule has 20 heavy (non-hydrogen) atoms. The number of methoxy groups -OCH3 is 1. The van der Waals surface area contributed by atoms with E-state index < -0.39 is 0 Å². The van der Waals surface area contributed by atoms with Crippen LogP contribution in [0.15, 0.2) is 18.2 Å². The zero-order valence-electron chi connectivity index (χ0n) is 12.8. The molecule has 3 nitrogen and oxygen atoms in total. The molecule has 0 saturated carbocycles. The average Bonchev–Trinajstić information content (AvgIpc) is 2.42. The van der Waals surface area contributed by atoms with Crippen LogP contribution in [-0.2, 0) is 6.54 Å². The van der Waals surface area contributed by atoms with E-state index in [1.54, 1.807) is 7.11 Å². The molecule has 4 heteroatoms. The van der Waals surface area contributed by atoms with Gasteiger partial charge in [-0.2, -0.15) is 0 Å². The highest BCUT2D eigenvalue weighted by Crippen LogP contribution is 2.22. The SMILES string of the molecule is CNCC1CCN(Cc2ccc(OC)c(C)c2)CC1.Cl. The van der Waals surface area contributed by atoms with Crippen LogP contribution in [0.25, 0.3) is 0 Å². The lowest BCUT2D eigenvalue weighted by molar-refractivity contribution is 0.176. The van der Waals surface area contributed by atoms with Crippen molar-refractivity contribution >= 4 is 12.4 Å². The molecule has 0 bridgehead atoms. The maximum Gasteiger partial charge on any atom is 0.121 e. The Morgan fingerprint density at radius 2 is 2.00 bits per heavy atom. The summed E-state index contributed by atoms with van der Waals surface area (Å²) < 4.78 is 5.31. The van der Waals surface area contributed by atoms with Crippen LogP contribution in [0.2, 0.25) is 0 Å². The van der Waals surface area contributed by atoms with Crippen LogP contribution in [0.5, 0.6) is 5.75 Å². The first-order valence-corrected chi connectivity index (χ1v) is 7.23. The van der Waals surface area contributed by atoms with Crippen molar-refractivity contribution in [3.63, 3.8) is 0 Å². The zero-order valence-corrected chi connectivity index (χ0v) is 13.6. The molecule has 0 aromatic heterocycles. The summed E-state index contributed by atoms with van der Waals surface area (Å²) >= 11 is 0. The maximum absolute atomic E-state index is 5.31. The number of nitrogens with zero attached hydrogens (tertiary/aromatic N) is 1. The van der Waals surface area contributed by atoms with Gasteiger partial charge in [-0.1, -0.05) is 12.1 Å². The lowest BCUT2D eigenvalue weighted by atomic mass is 9.96. The van der Waals surface area contributed by atoms with Gasteiger partial charge in [0.05, 0.1) is 7.11 Å². The van der Waals surface area contributed by atoms with Gasteiger partial charge < -0.3 is 10.1 Å². The topological polar surface area (TPSA) is 24.5 Å². The Balaban J connectivity index is 0.00000200. The zero-order chi connectivity index (χ0) is 13.7. The summed E-state index contributed by atoms with van der Waals surface area (Å²) in [5.74, 6) is 1.84. The second kappa shape index (κ2) is 8.50. The average molecular weight is 299 g/mol. The highest BCUT2D eigenvalue weighted by atomic mass is 35.5. The van der Waals surface area contributed by atoms with Crippen molar-refractivity contribution < 1.29 is 4.74 Å². The summed E-state index contributed by atoms with van der Waals surface area (Å²) in [6.07, 6.45) is 2.63. The summed E-state index contributed by atoms with van der Waals surface area (Å²) in [5.41, 5.74) is 2.62. The summed E-state index contributed by atoms with van der Waals surface area (Å²) in [4.78, 5) is 2.56. The van der Waals surface area contributed by atoms with Gasteiger partial charge in [-0.25, -0.2) is 0 Å². The molecule has 0 radical (unpaired) electrons. The van der Waals surface area contributed by atoms with Gasteiger partial charge in [-0.05, 0) is 69.6 Å². The molecule has 1 aromatic rings. The van der Waals surface area contributed by atoms with E-state index in [0.29, 0.717) is 0 Å². The molecule has 0 aliphatic carbocycles. The van der Waals surface area contributed by atoms with Crippen molar-refractivity contribution in [1.82, 2.24) is 10.2 Å². The molecule has 1 aliphatic heterocycles. The first-order chi connectivity index (χ1) is 9.22. The van der Waals surface area contributed by atoms with Gasteiger partial charge in [0.15, 0.2) is 0 Å². The van der Waals surface area contributed by atoms with Crippen molar-refractivity contribution in [2.75, 3.05) is 33.8 Å². The summed E-state index contributed by atoms with van der Waals surface area (Å²) in [7, 11) is 3.78. The van der Waals surface area contributed by atoms with Gasteiger partial charge in [-0.15, -0.1) is 12.4 Å². The number of hydrogen-bond acceptors (Lipinski definition) is 3. The van der Waals surface area contributed by atoms with Crippen LogP contribution in [0.1, 0.15) is 24.0 Å². The van der Waals surface area contributed by atoms with Crippen molar-refractivity contribution in [3.8, 4) is 5.75 Å². The maximum atomic E-state index is 5.31. The van der Waals surface area contributed by atoms with E-state index >= 15 is 0 Å². The lowest BCUT2D eigenvalue weighted by Crippen LogP contribution is -2.36. The smallest absolute Gasteiger partial charge is 0.121 e. The first-order valence-electron chi connectivity index (χ1n) is 7.23. The molecule has 2 rings (SSSR count). The Morgan fingerprint density at radius 1 is 1.30 bits per heavy atom. The number of ether oxygens (including phenoxy) is 1. The highest BCUT2D eigenvalue weighted by Gasteiger charge is 2.18. The van der Waals surface area contributed by atoms with E-state index in [1.165, 1.54) is 37.1 Å². The van der Waals surface area contributed by atoms with E-state index in [-0.39, 0.29) is 12.4 Å². The fraction of sp³-hybridized carbons (Fsp3) is 0.625. The third-order valence-corrected chi connectivity index (χ3v) is 4.07. The quantitative estimate of drug-likeness (QED) is 0.905. The molecule has 114 valence electrons. The molecular formula is C16H27ClN2O. The van der Waals surface area contributed by atoms with Gasteiger partial charge in [0.25, 0.3) is 0 Å². The largest absolute Gasteiger partial charge is 0.496 e. The Bertz CT molecular complexity index is 403. The van der Waals surface area contributed by atoms with Crippen LogP contribution < -0.4 is 10.1 Å². The molecule has 0 unspecified atom stereocenters. The van der Waals surface area contributed by atoms with Crippen molar-refractivity contribution in [2.24, 2.45) is 5.92 Å². The number of aryl methyl sites for hydroxylation is 1. The van der Waals surface area contributed by atoms with Gasteiger partial charge in [0.1, 0.15) is 5.75 Å². The molecular weight excluding hydrogens is 272 g/mol. The Morgan fingerprint density at radius 3 is 2.55 bits per heavy atom. The number of rotatable bonds is 5. The summed E-state index contributed by atoms with van der Waals surface area (Å²) in [5, 5.41) is 3.29. The van der Waals surface area contributed by atoms with Crippen molar-refractivity contribution in [2.45, 2.75) is 26.3 Å². The van der Waals surface area contributed by atoms with Gasteiger partial charge in [0, 0.05) is 6.54 Å². The van der Waals surface area contributed by atoms with Crippen LogP contribution in [0.3, 0.4) is 0 Å². The van der Waals surface area contributed by atoms with Crippen LogP contribution in [0.4, 0.5) is 0 Å². The number of hydrogen-bond donors (Lipinski definition) is 1. The summed E-state index contributed by atoms with van der Waals surface area (Å²) in [6.45, 7) is 6.78. The van der Waals surface area contributed by atoms with Crippen LogP contribution in [0, 0.1) is 12.8 Å². The fourth-order valence-electron chi connectivity index (χ4n) is 2.93. The number of halogens is 1. The number of likely N-dealkylation sites (tertiary alicyclic amines) is 1. The van der Waals surface area contributed by atoms with Gasteiger partial charge in [-0.3, -0.25) is 4.90 Å². The second-order valence-electron chi connectivity index (χ2n) is 5.58. The standard InChI is InChI=1S/C16H26N2O.ClH/c1-13-10-15(4-5-16(13)19-3)12-18-8-6-14(7-9-18)11-17-2;/h4-5,10,14,17H,6-9,11-12H2,1-3H3;1H. The van der Waals surface area contributed by atoms with Crippen molar-refractivity contribution in [1.29, 1.82) is 0 Å². The molecule has 0 amide bonds. The third-order valence-electron chi connectivity index (χ3n) is 4.07. The normalized spacial score (nSPS) is 16.8. The van der Waals surface area contributed by atoms with Crippen LogP contribution >= 0.6 is 12.4 Å². The summed E-state index contributed by atoms with van der Waals surface area (Å²) in [6, 6.07) is 6.52. The second-order valence-corrected chi connectivity index (χ2v) is 5.58. The number of piperidine rings is 1. The number of benzene rings is 1. The molecule has 1 fully saturated rings. The Hall–Kier alpha value is -0.770. The third kappa shape index (κ3) is 4.65. The number of nitrogens with one attached hydrogen (secondary N) is 1. The molecule has 1 heterocycles. The Labute approximate surface area is 129 Å². The van der Waals surface area contributed by atoms with Gasteiger partial charge in [0.2, 0.25) is 0 Å². The van der Waals surface area contributed by atoms with Gasteiger partial charge >= 0.3 is 0 Å². The van der Waals surface area contributed by atoms with E-state index in [2.05, 4.69) is 35.3 Å². The molecule has 1 aromatic carbocycles. The minimum Gasteiger partial charge on any atom is -0.496 e. The molecule has 0 spiro atoms. The predicted molar refractivity (Wildman–Crippen MR) is 86.9 cm³/mol. The minimum atomic E-state index is 0. The Kier molecular flexibility index (Phi) is 7.35. The first kappa shape index (κ1) is 17.3. The molecule has 1 saturated heterocycles. The minimum absolute atomic E-state index is 0. The molecule has 1 N–H and O–H groups in total. The predicted octanol–water partition coefficient (Wildman–Crippen LogP) is 2.86. The van der Waals surface area contributed by atoms with E-state index in [0.717, 1.165) is 24.8 Å². The monoisotopic (exact) mass is 298 g/mol. The fourth-order valence-corrected chi connectivity index (χ4v) is 2.93. The highest BCUT2D eigenvalue weighted by molar-refractivity contribution is 5.85. The van der Waals surface area contributed by atoms with E-state index in [9.17, 15) is 0 Å². The molecule has 0 atom stereocenters. The van der Waals surface area contributed by atoms with E-state index in [1.807, 2.05) is 7.05 Å². The van der Waals surface area contributed by atoms with E-state index in [4.69, 9.17) is 4.74 Å². The lowest BCUT2D eigenvalue weighted by Gasteiger charge is -2.32. The molecule has 1 aliphatic rings. The van der Waals surface area contributed by atoms with Crippen LogP contribution in [-0.4, -0.2) is 38.7 Å². The van der Waals surface area contributed by atoms with Crippen molar-refractivity contribution in [3.05, 3.63) is 29.3 Å².